The van der Waals surface area contributed by atoms with Crippen LogP contribution in [0, 0.1) is 13.8 Å². The molecule has 0 saturated carbocycles. The Morgan fingerprint density at radius 1 is 0.277 bits per heavy atom. The fourth-order valence-corrected chi connectivity index (χ4v) is 9.10. The van der Waals surface area contributed by atoms with Crippen LogP contribution in [0.2, 0.25) is 0 Å². The Bertz CT molecular complexity index is 3070. The van der Waals surface area contributed by atoms with Crippen molar-refractivity contribution in [2.75, 3.05) is 0 Å². The van der Waals surface area contributed by atoms with Gasteiger partial charge in [-0.2, -0.15) is 0 Å². The lowest BCUT2D eigenvalue weighted by molar-refractivity contribution is 0.103. The van der Waals surface area contributed by atoms with Crippen molar-refractivity contribution in [3.05, 3.63) is 197 Å². The van der Waals surface area contributed by atoms with Gasteiger partial charge in [0, 0.05) is 83.2 Å². The van der Waals surface area contributed by atoms with E-state index in [9.17, 15) is 81.7 Å². The molecule has 20 nitrogen and oxygen atoms in total. The molecule has 0 atom stereocenters. The molecule has 0 radical (unpaired) electrons. The Labute approximate surface area is 481 Å². The summed E-state index contributed by atoms with van der Waals surface area (Å²) in [4.78, 5) is 0. The second kappa shape index (κ2) is 30.7. The van der Waals surface area contributed by atoms with E-state index in [4.69, 9.17) is 20.1 Å². The van der Waals surface area contributed by atoms with E-state index < -0.39 is 10.8 Å². The van der Waals surface area contributed by atoms with E-state index in [-0.39, 0.29) is 143 Å². The largest absolute Gasteiger partial charge is 0.508 e. The van der Waals surface area contributed by atoms with Crippen molar-refractivity contribution in [2.24, 2.45) is 0 Å². The second-order valence-electron chi connectivity index (χ2n) is 20.7. The molecule has 0 aliphatic rings. The number of aliphatic hydroxyl groups is 11. The zero-order valence-corrected chi connectivity index (χ0v) is 47.3. The van der Waals surface area contributed by atoms with Gasteiger partial charge in [-0.3, -0.25) is 0 Å². The third kappa shape index (κ3) is 16.6. The van der Waals surface area contributed by atoms with Gasteiger partial charge in [-0.05, 0) is 96.8 Å². The lowest BCUT2D eigenvalue weighted by Crippen LogP contribution is -2.20. The average Bonchev–Trinajstić information content (AvgIpc) is 3.61. The smallest absolute Gasteiger partial charge is 0.126 e. The van der Waals surface area contributed by atoms with Gasteiger partial charge < -0.3 is 102 Å². The summed E-state index contributed by atoms with van der Waals surface area (Å²) in [5.74, 6) is -0.533. The average molecular weight is 1160 g/mol. The van der Waals surface area contributed by atoms with Gasteiger partial charge in [0.25, 0.3) is 0 Å². The molecule has 7 aromatic carbocycles. The van der Waals surface area contributed by atoms with Crippen molar-refractivity contribution in [1.82, 2.24) is 0 Å². The highest BCUT2D eigenvalue weighted by Crippen LogP contribution is 2.40. The summed E-state index contributed by atoms with van der Waals surface area (Å²) in [5, 5.41) is 180. The second-order valence-corrected chi connectivity index (χ2v) is 20.7. The van der Waals surface area contributed by atoms with Crippen LogP contribution in [-0.4, -0.2) is 97.0 Å². The maximum atomic E-state index is 10.1. The van der Waals surface area contributed by atoms with Crippen LogP contribution >= 0.6 is 0 Å². The molecule has 0 unspecified atom stereocenters. The maximum absolute atomic E-state index is 10.1. The van der Waals surface area contributed by atoms with Crippen molar-refractivity contribution in [3.8, 4) is 46.0 Å². The molecular formula is C63H78O20. The minimum absolute atomic E-state index is 0.0302. The highest BCUT2D eigenvalue weighted by molar-refractivity contribution is 5.54. The number of aryl methyl sites for hydroxylation is 2. The summed E-state index contributed by atoms with van der Waals surface area (Å²) in [5.41, 5.74) is 8.68. The van der Waals surface area contributed by atoms with Gasteiger partial charge >= 0.3 is 0 Å². The van der Waals surface area contributed by atoms with Crippen LogP contribution < -0.4 is 0 Å². The quantitative estimate of drug-likeness (QED) is 0.0426. The SMILES string of the molecule is CC(C)(c1cc(CO)c(O)c(CO)c1)c1cc(CO)c(O)c(CO)c1.CC(C)(c1ccc(O)c(CO)c1)c1cc(CO)c(O)c(CO)c1.Cc1cc(CO)c(O)c(COCc2cc(C)cc(CO)c2O)c1.OCc1cc(O)cc(CO)c1O. The molecule has 0 aromatic heterocycles. The van der Waals surface area contributed by atoms with Crippen molar-refractivity contribution in [1.29, 1.82) is 0 Å². The summed E-state index contributed by atoms with van der Waals surface area (Å²) >= 11 is 0. The molecule has 0 aliphatic carbocycles. The van der Waals surface area contributed by atoms with E-state index in [1.54, 1.807) is 72.8 Å². The molecule has 0 aliphatic heterocycles. The zero-order chi connectivity index (χ0) is 62.1. The van der Waals surface area contributed by atoms with E-state index in [1.807, 2.05) is 41.5 Å². The van der Waals surface area contributed by atoms with E-state index >= 15 is 0 Å². The van der Waals surface area contributed by atoms with Crippen molar-refractivity contribution >= 4 is 0 Å². The topological polar surface area (TPSA) is 394 Å². The molecule has 0 amide bonds. The van der Waals surface area contributed by atoms with Gasteiger partial charge in [0.15, 0.2) is 0 Å². The van der Waals surface area contributed by atoms with Crippen molar-refractivity contribution in [2.45, 2.75) is 138 Å². The monoisotopic (exact) mass is 1150 g/mol. The standard InChI is InChI=1S/C19H24O6.2C18H22O5.C8H10O4/c1-19(2,15-3-11(7-20)17(24)12(4-15)8-21)16-5-13(9-22)18(25)14(6-16)10-23;1-11-3-13(7-19)17(21)15(5-11)9-23-10-16-6-12(2)4-14(8-20)18(16)22;1-18(2,14-3-4-16(22)11(5-14)8-19)15-6-12(9-20)17(23)13(7-15)10-21;9-3-5-1-7(11)2-6(4-10)8(5)12/h3-6,20-25H,7-10H2,1-2H3;3-6,19-22H,7-10H2,1-2H3;3-7,19-23H,8-10H2,1-2H3;1-2,9-12H,3-4H2. The molecular weight excluding hydrogens is 1080 g/mol. The molecule has 19 N–H and O–H groups in total. The minimum Gasteiger partial charge on any atom is -0.508 e. The number of hydrogen-bond donors (Lipinski definition) is 19. The van der Waals surface area contributed by atoms with E-state index in [0.717, 1.165) is 33.4 Å². The Morgan fingerprint density at radius 2 is 0.494 bits per heavy atom. The minimum atomic E-state index is -0.636. The number of benzene rings is 7. The van der Waals surface area contributed by atoms with E-state index in [2.05, 4.69) is 0 Å². The number of aromatic hydroxyl groups is 8. The first-order valence-electron chi connectivity index (χ1n) is 26.1. The molecule has 7 rings (SSSR count). The van der Waals surface area contributed by atoms with Crippen molar-refractivity contribution in [3.63, 3.8) is 0 Å². The van der Waals surface area contributed by atoms with Crippen LogP contribution in [0.5, 0.6) is 46.0 Å². The lowest BCUT2D eigenvalue weighted by Gasteiger charge is -2.29. The fraction of sp³-hybridized carbons (Fsp3) is 0.333. The fourth-order valence-electron chi connectivity index (χ4n) is 9.10. The number of phenols is 8. The summed E-state index contributed by atoms with van der Waals surface area (Å²) in [6, 6.07) is 24.5. The van der Waals surface area contributed by atoms with Gasteiger partial charge in [0.1, 0.15) is 46.0 Å². The van der Waals surface area contributed by atoms with Crippen molar-refractivity contribution < 1.29 is 102 Å². The molecule has 7 aromatic rings. The third-order valence-electron chi connectivity index (χ3n) is 14.2. The molecule has 0 fully saturated rings. The predicted octanol–water partition coefficient (Wildman–Crippen LogP) is 5.79. The maximum Gasteiger partial charge on any atom is 0.126 e. The Hall–Kier alpha value is -7.54. The first kappa shape index (κ1) is 68.0. The van der Waals surface area contributed by atoms with Crippen LogP contribution in [0.4, 0.5) is 0 Å². The van der Waals surface area contributed by atoms with Crippen LogP contribution in [-0.2, 0) is 101 Å². The first-order chi connectivity index (χ1) is 39.3. The first-order valence-corrected chi connectivity index (χ1v) is 26.1. The zero-order valence-electron chi connectivity index (χ0n) is 47.3. The number of ether oxygens (including phenoxy) is 1. The number of rotatable bonds is 19. The lowest BCUT2D eigenvalue weighted by atomic mass is 9.76. The number of aliphatic hydroxyl groups excluding tert-OH is 11. The molecule has 20 heteroatoms. The summed E-state index contributed by atoms with van der Waals surface area (Å²) < 4.78 is 5.59. The van der Waals surface area contributed by atoms with E-state index in [1.165, 1.54) is 18.2 Å². The highest BCUT2D eigenvalue weighted by atomic mass is 16.5. The number of hydrogen-bond acceptors (Lipinski definition) is 20. The molecule has 0 heterocycles. The third-order valence-corrected chi connectivity index (χ3v) is 14.2. The molecule has 0 saturated heterocycles. The predicted molar refractivity (Wildman–Crippen MR) is 306 cm³/mol. The van der Waals surface area contributed by atoms with Gasteiger partial charge in [0.05, 0.1) is 85.9 Å². The molecule has 83 heavy (non-hydrogen) atoms. The van der Waals surface area contributed by atoms with Gasteiger partial charge in [0.2, 0.25) is 0 Å². The summed E-state index contributed by atoms with van der Waals surface area (Å²) in [6.07, 6.45) is 0. The van der Waals surface area contributed by atoms with Crippen LogP contribution in [0.15, 0.2) is 91.0 Å². The van der Waals surface area contributed by atoms with Gasteiger partial charge in [-0.1, -0.05) is 69.2 Å². The van der Waals surface area contributed by atoms with Crippen LogP contribution in [0.1, 0.15) is 133 Å². The van der Waals surface area contributed by atoms with Crippen LogP contribution in [0.25, 0.3) is 0 Å². The molecule has 0 bridgehead atoms. The Kier molecular flexibility index (Phi) is 25.1. The van der Waals surface area contributed by atoms with Gasteiger partial charge in [-0.25, -0.2) is 0 Å². The Morgan fingerprint density at radius 3 is 0.771 bits per heavy atom. The Balaban J connectivity index is 0.000000244. The molecule has 450 valence electrons. The number of phenolic OH excluding ortho intramolecular Hbond substituents is 1. The van der Waals surface area contributed by atoms with Gasteiger partial charge in [-0.15, -0.1) is 0 Å². The summed E-state index contributed by atoms with van der Waals surface area (Å²) in [6.45, 7) is 8.13. The normalized spacial score (nSPS) is 11.3. The summed E-state index contributed by atoms with van der Waals surface area (Å²) in [7, 11) is 0. The van der Waals surface area contributed by atoms with E-state index in [0.29, 0.717) is 61.2 Å². The van der Waals surface area contributed by atoms with Crippen LogP contribution in [0.3, 0.4) is 0 Å². The molecule has 0 spiro atoms. The highest BCUT2D eigenvalue weighted by Gasteiger charge is 2.29.